The quantitative estimate of drug-likeness (QED) is 0.595. The van der Waals surface area contributed by atoms with Crippen LogP contribution in [0.15, 0.2) is 23.4 Å². The first kappa shape index (κ1) is 16.0. The monoisotopic (exact) mass is 282 g/mol. The maximum absolute atomic E-state index is 11.9. The third-order valence-corrected chi connectivity index (χ3v) is 3.59. The first-order chi connectivity index (χ1) is 8.98. The molecule has 1 aromatic rings. The Hall–Kier alpha value is -1.07. The number of hydrogen-bond acceptors (Lipinski definition) is 4. The van der Waals surface area contributed by atoms with Crippen molar-refractivity contribution in [3.63, 3.8) is 0 Å². The molecule has 1 rings (SSSR count). The van der Waals surface area contributed by atoms with Gasteiger partial charge in [-0.05, 0) is 36.6 Å². The highest BCUT2D eigenvalue weighted by molar-refractivity contribution is 7.98. The fraction of sp³-hybridized carbons (Fsp3) is 0.571. The molecule has 0 bridgehead atoms. The van der Waals surface area contributed by atoms with Crippen molar-refractivity contribution in [3.8, 4) is 0 Å². The normalized spacial score (nSPS) is 11.4. The lowest BCUT2D eigenvalue weighted by molar-refractivity contribution is 0.0948. The Labute approximate surface area is 119 Å². The van der Waals surface area contributed by atoms with Gasteiger partial charge in [0.05, 0.1) is 5.03 Å². The van der Waals surface area contributed by atoms with E-state index in [1.165, 1.54) is 11.8 Å². The van der Waals surface area contributed by atoms with Crippen molar-refractivity contribution in [3.05, 3.63) is 23.9 Å². The zero-order chi connectivity index (χ0) is 14.3. The molecule has 0 aliphatic rings. The van der Waals surface area contributed by atoms with Crippen molar-refractivity contribution in [2.75, 3.05) is 19.4 Å². The zero-order valence-corrected chi connectivity index (χ0v) is 12.6. The highest BCUT2D eigenvalue weighted by Crippen LogP contribution is 2.20. The van der Waals surface area contributed by atoms with Crippen molar-refractivity contribution in [1.82, 2.24) is 10.3 Å². The highest BCUT2D eigenvalue weighted by Gasteiger charge is 2.15. The van der Waals surface area contributed by atoms with Gasteiger partial charge < -0.3 is 10.4 Å². The van der Waals surface area contributed by atoms with E-state index in [2.05, 4.69) is 10.3 Å². The molecular weight excluding hydrogens is 260 g/mol. The maximum atomic E-state index is 11.9. The Kier molecular flexibility index (Phi) is 6.31. The highest BCUT2D eigenvalue weighted by atomic mass is 32.2. The Morgan fingerprint density at radius 2 is 2.26 bits per heavy atom. The molecule has 0 unspecified atom stereocenters. The number of nitrogens with one attached hydrogen (secondary N) is 1. The van der Waals surface area contributed by atoms with E-state index in [0.717, 1.165) is 17.9 Å². The van der Waals surface area contributed by atoms with Crippen LogP contribution in [-0.4, -0.2) is 35.4 Å². The smallest absolute Gasteiger partial charge is 0.251 e. The molecule has 0 aliphatic carbocycles. The van der Waals surface area contributed by atoms with Gasteiger partial charge in [-0.15, -0.1) is 11.8 Å². The van der Waals surface area contributed by atoms with E-state index in [4.69, 9.17) is 5.11 Å². The molecule has 4 nitrogen and oxygen atoms in total. The van der Waals surface area contributed by atoms with Crippen LogP contribution >= 0.6 is 11.8 Å². The predicted molar refractivity (Wildman–Crippen MR) is 78.5 cm³/mol. The van der Waals surface area contributed by atoms with E-state index >= 15 is 0 Å². The number of thioether (sulfide) groups is 1. The van der Waals surface area contributed by atoms with Crippen LogP contribution < -0.4 is 5.32 Å². The van der Waals surface area contributed by atoms with E-state index in [1.807, 2.05) is 20.1 Å². The van der Waals surface area contributed by atoms with Gasteiger partial charge in [0.25, 0.3) is 5.91 Å². The van der Waals surface area contributed by atoms with Crippen molar-refractivity contribution in [2.45, 2.75) is 31.7 Å². The summed E-state index contributed by atoms with van der Waals surface area (Å²) in [6.07, 6.45) is 5.33. The van der Waals surface area contributed by atoms with E-state index < -0.39 is 0 Å². The molecule has 0 fully saturated rings. The number of amides is 1. The van der Waals surface area contributed by atoms with Gasteiger partial charge in [0.1, 0.15) is 0 Å². The number of rotatable bonds is 7. The van der Waals surface area contributed by atoms with Gasteiger partial charge in [-0.1, -0.05) is 13.8 Å². The number of nitrogens with zero attached hydrogens (tertiary/aromatic N) is 1. The summed E-state index contributed by atoms with van der Waals surface area (Å²) in [5.74, 6) is -0.0699. The Morgan fingerprint density at radius 3 is 2.89 bits per heavy atom. The summed E-state index contributed by atoms with van der Waals surface area (Å²) in [5.41, 5.74) is 0.564. The van der Waals surface area contributed by atoms with Gasteiger partial charge >= 0.3 is 0 Å². The second kappa shape index (κ2) is 7.50. The maximum Gasteiger partial charge on any atom is 0.251 e. The number of carbonyl (C=O) groups is 1. The standard InChI is InChI=1S/C14H22N2O2S/c1-14(2,10-17)6-4-7-16-13(18)11-5-8-15-12(9-11)19-3/h5,8-9,17H,4,6-7,10H2,1-3H3,(H,16,18). The summed E-state index contributed by atoms with van der Waals surface area (Å²) in [4.78, 5) is 16.0. The van der Waals surface area contributed by atoms with E-state index in [9.17, 15) is 4.79 Å². The van der Waals surface area contributed by atoms with E-state index in [0.29, 0.717) is 12.1 Å². The fourth-order valence-electron chi connectivity index (χ4n) is 1.61. The minimum Gasteiger partial charge on any atom is -0.396 e. The van der Waals surface area contributed by atoms with Crippen LogP contribution in [0.3, 0.4) is 0 Å². The molecule has 1 heterocycles. The van der Waals surface area contributed by atoms with Gasteiger partial charge in [-0.25, -0.2) is 4.98 Å². The predicted octanol–water partition coefficient (Wildman–Crippen LogP) is 2.33. The van der Waals surface area contributed by atoms with Gasteiger partial charge in [0.15, 0.2) is 0 Å². The van der Waals surface area contributed by atoms with Crippen LogP contribution in [0.4, 0.5) is 0 Å². The summed E-state index contributed by atoms with van der Waals surface area (Å²) in [6.45, 7) is 4.83. The fourth-order valence-corrected chi connectivity index (χ4v) is 2.02. The molecule has 106 valence electrons. The average molecular weight is 282 g/mol. The number of aliphatic hydroxyl groups is 1. The first-order valence-corrected chi connectivity index (χ1v) is 7.60. The Bertz CT molecular complexity index is 422. The second-order valence-electron chi connectivity index (χ2n) is 5.27. The molecule has 0 saturated heterocycles. The largest absolute Gasteiger partial charge is 0.396 e. The van der Waals surface area contributed by atoms with E-state index in [1.54, 1.807) is 18.3 Å². The van der Waals surface area contributed by atoms with Crippen LogP contribution in [0.2, 0.25) is 0 Å². The summed E-state index contributed by atoms with van der Waals surface area (Å²) >= 11 is 1.52. The van der Waals surface area contributed by atoms with Crippen molar-refractivity contribution < 1.29 is 9.90 Å². The lowest BCUT2D eigenvalue weighted by Crippen LogP contribution is -2.26. The van der Waals surface area contributed by atoms with Crippen LogP contribution in [0.1, 0.15) is 37.0 Å². The number of aromatic nitrogens is 1. The molecule has 2 N–H and O–H groups in total. The lowest BCUT2D eigenvalue weighted by Gasteiger charge is -2.21. The third-order valence-electron chi connectivity index (χ3n) is 2.95. The Balaban J connectivity index is 2.39. The molecule has 0 aromatic carbocycles. The zero-order valence-electron chi connectivity index (χ0n) is 11.8. The number of hydrogen-bond donors (Lipinski definition) is 2. The molecule has 1 aromatic heterocycles. The SMILES string of the molecule is CSc1cc(C(=O)NCCCC(C)(C)CO)ccn1. The van der Waals surface area contributed by atoms with Crippen LogP contribution in [0.25, 0.3) is 0 Å². The summed E-state index contributed by atoms with van der Waals surface area (Å²) < 4.78 is 0. The number of pyridine rings is 1. The van der Waals surface area contributed by atoms with Gasteiger partial charge in [-0.2, -0.15) is 0 Å². The molecule has 0 atom stereocenters. The van der Waals surface area contributed by atoms with Crippen molar-refractivity contribution in [2.24, 2.45) is 5.41 Å². The minimum atomic E-state index is -0.0760. The summed E-state index contributed by atoms with van der Waals surface area (Å²) in [6, 6.07) is 3.50. The molecule has 0 radical (unpaired) electrons. The van der Waals surface area contributed by atoms with Gasteiger partial charge in [0.2, 0.25) is 0 Å². The topological polar surface area (TPSA) is 62.2 Å². The number of aliphatic hydroxyl groups excluding tert-OH is 1. The first-order valence-electron chi connectivity index (χ1n) is 6.37. The summed E-state index contributed by atoms with van der Waals surface area (Å²) in [7, 11) is 0. The van der Waals surface area contributed by atoms with Crippen LogP contribution in [0, 0.1) is 5.41 Å². The minimum absolute atomic E-state index is 0.0699. The van der Waals surface area contributed by atoms with Gasteiger partial charge in [-0.3, -0.25) is 4.79 Å². The molecule has 0 spiro atoms. The molecule has 1 amide bonds. The van der Waals surface area contributed by atoms with Crippen LogP contribution in [-0.2, 0) is 0 Å². The van der Waals surface area contributed by atoms with E-state index in [-0.39, 0.29) is 17.9 Å². The second-order valence-corrected chi connectivity index (χ2v) is 6.10. The van der Waals surface area contributed by atoms with Crippen molar-refractivity contribution >= 4 is 17.7 Å². The number of carbonyl (C=O) groups excluding carboxylic acids is 1. The lowest BCUT2D eigenvalue weighted by atomic mass is 9.89. The Morgan fingerprint density at radius 1 is 1.53 bits per heavy atom. The molecule has 0 saturated carbocycles. The molecule has 0 aliphatic heterocycles. The van der Waals surface area contributed by atoms with Crippen molar-refractivity contribution in [1.29, 1.82) is 0 Å². The van der Waals surface area contributed by atoms with Gasteiger partial charge in [0, 0.05) is 24.9 Å². The molecular formula is C14H22N2O2S. The van der Waals surface area contributed by atoms with Crippen LogP contribution in [0.5, 0.6) is 0 Å². The third kappa shape index (κ3) is 5.61. The molecule has 5 heteroatoms. The molecule has 19 heavy (non-hydrogen) atoms. The average Bonchev–Trinajstić information content (AvgIpc) is 2.43. The summed E-state index contributed by atoms with van der Waals surface area (Å²) in [5, 5.41) is 12.9.